The topological polar surface area (TPSA) is 89.4 Å². The maximum atomic E-state index is 12.4. The summed E-state index contributed by atoms with van der Waals surface area (Å²) in [6.45, 7) is 1.25. The van der Waals surface area contributed by atoms with Crippen LogP contribution in [0, 0.1) is 0 Å². The Morgan fingerprint density at radius 3 is 2.50 bits per heavy atom. The number of Topliss-reactive ketones (excluding diaryl/α,β-unsaturated/α-hetero) is 1. The van der Waals surface area contributed by atoms with Crippen LogP contribution in [0.25, 0.3) is 11.7 Å². The third-order valence-corrected chi connectivity index (χ3v) is 5.03. The second kappa shape index (κ2) is 8.21. The highest BCUT2D eigenvalue weighted by molar-refractivity contribution is 5.97. The van der Waals surface area contributed by atoms with Crippen LogP contribution in [0.1, 0.15) is 47.8 Å². The molecule has 1 aliphatic heterocycles. The highest BCUT2D eigenvalue weighted by atomic mass is 16.4. The first kappa shape index (κ1) is 18.2. The van der Waals surface area contributed by atoms with E-state index in [9.17, 15) is 9.59 Å². The van der Waals surface area contributed by atoms with Crippen molar-refractivity contribution in [2.45, 2.75) is 31.6 Å². The van der Waals surface area contributed by atoms with Crippen LogP contribution in [0.5, 0.6) is 0 Å². The summed E-state index contributed by atoms with van der Waals surface area (Å²) >= 11 is 0. The number of carbonyl (C=O) groups is 2. The normalized spacial score (nSPS) is 14.9. The number of likely N-dealkylation sites (tertiary alicyclic amines) is 1. The number of hydrogen-bond acceptors (Lipinski definition) is 6. The molecule has 144 valence electrons. The molecule has 0 N–H and O–H groups in total. The minimum Gasteiger partial charge on any atom is -0.459 e. The quantitative estimate of drug-likeness (QED) is 0.607. The van der Waals surface area contributed by atoms with Crippen LogP contribution in [-0.4, -0.2) is 39.9 Å². The highest BCUT2D eigenvalue weighted by Crippen LogP contribution is 2.29. The van der Waals surface area contributed by atoms with E-state index in [0.717, 1.165) is 12.8 Å². The van der Waals surface area contributed by atoms with Crippen LogP contribution in [0.15, 0.2) is 57.6 Å². The lowest BCUT2D eigenvalue weighted by Crippen LogP contribution is -2.38. The number of carbonyl (C=O) groups excluding carboxylic acids is 2. The van der Waals surface area contributed by atoms with Gasteiger partial charge in [0.25, 0.3) is 5.89 Å². The molecule has 2 aromatic heterocycles. The van der Waals surface area contributed by atoms with Crippen molar-refractivity contribution in [1.29, 1.82) is 0 Å². The molecule has 7 nitrogen and oxygen atoms in total. The molecule has 1 saturated heterocycles. The molecule has 0 aliphatic carbocycles. The number of aromatic nitrogens is 2. The Bertz CT molecular complexity index is 926. The molecule has 1 amide bonds. The van der Waals surface area contributed by atoms with Crippen molar-refractivity contribution in [3.8, 4) is 11.7 Å². The third-order valence-electron chi connectivity index (χ3n) is 5.03. The Balaban J connectivity index is 1.27. The Kier molecular flexibility index (Phi) is 5.32. The molecule has 1 fully saturated rings. The van der Waals surface area contributed by atoms with Gasteiger partial charge in [-0.1, -0.05) is 30.3 Å². The smallest absolute Gasteiger partial charge is 0.283 e. The predicted octanol–water partition coefficient (Wildman–Crippen LogP) is 3.70. The summed E-state index contributed by atoms with van der Waals surface area (Å²) in [4.78, 5) is 26.4. The fraction of sp³-hybridized carbons (Fsp3) is 0.333. The second-order valence-corrected chi connectivity index (χ2v) is 6.87. The van der Waals surface area contributed by atoms with Crippen LogP contribution >= 0.6 is 0 Å². The van der Waals surface area contributed by atoms with Crippen molar-refractivity contribution in [2.75, 3.05) is 13.1 Å². The number of rotatable bonds is 6. The summed E-state index contributed by atoms with van der Waals surface area (Å²) in [6, 6.07) is 12.6. The average Bonchev–Trinajstić information content (AvgIpc) is 3.44. The molecule has 4 rings (SSSR count). The number of piperidine rings is 1. The van der Waals surface area contributed by atoms with E-state index in [-0.39, 0.29) is 30.4 Å². The van der Waals surface area contributed by atoms with Crippen molar-refractivity contribution in [3.63, 3.8) is 0 Å². The highest BCUT2D eigenvalue weighted by Gasteiger charge is 2.28. The van der Waals surface area contributed by atoms with Gasteiger partial charge >= 0.3 is 0 Å². The van der Waals surface area contributed by atoms with Crippen molar-refractivity contribution < 1.29 is 18.4 Å². The summed E-state index contributed by atoms with van der Waals surface area (Å²) in [5.41, 5.74) is 0.651. The van der Waals surface area contributed by atoms with Crippen LogP contribution in [0.2, 0.25) is 0 Å². The lowest BCUT2D eigenvalue weighted by Gasteiger charge is -2.30. The number of benzene rings is 1. The monoisotopic (exact) mass is 379 g/mol. The van der Waals surface area contributed by atoms with Gasteiger partial charge in [0.2, 0.25) is 11.8 Å². The molecular formula is C21H21N3O4. The molecule has 0 unspecified atom stereocenters. The van der Waals surface area contributed by atoms with Gasteiger partial charge in [0.05, 0.1) is 6.26 Å². The van der Waals surface area contributed by atoms with Gasteiger partial charge in [-0.25, -0.2) is 0 Å². The minimum atomic E-state index is 0.000140. The van der Waals surface area contributed by atoms with Crippen molar-refractivity contribution in [2.24, 2.45) is 0 Å². The number of nitrogens with zero attached hydrogens (tertiary/aromatic N) is 3. The zero-order valence-electron chi connectivity index (χ0n) is 15.4. The Labute approximate surface area is 162 Å². The number of furan rings is 1. The van der Waals surface area contributed by atoms with E-state index >= 15 is 0 Å². The van der Waals surface area contributed by atoms with Gasteiger partial charge in [-0.15, -0.1) is 10.2 Å². The molecule has 0 spiro atoms. The van der Waals surface area contributed by atoms with Gasteiger partial charge < -0.3 is 13.7 Å². The van der Waals surface area contributed by atoms with Gasteiger partial charge in [0, 0.05) is 37.4 Å². The molecule has 0 radical (unpaired) electrons. The first-order valence-corrected chi connectivity index (χ1v) is 9.44. The standard InChI is InChI=1S/C21H21N3O4/c25-17(15-5-2-1-3-6-15)8-9-19(26)24-12-10-16(11-13-24)20-22-23-21(28-20)18-7-4-14-27-18/h1-7,14,16H,8-13H2. The molecule has 28 heavy (non-hydrogen) atoms. The zero-order chi connectivity index (χ0) is 19.3. The lowest BCUT2D eigenvalue weighted by atomic mass is 9.96. The fourth-order valence-electron chi connectivity index (χ4n) is 3.42. The molecule has 7 heteroatoms. The molecule has 0 bridgehead atoms. The van der Waals surface area contributed by atoms with Crippen molar-refractivity contribution >= 4 is 11.7 Å². The van der Waals surface area contributed by atoms with Crippen molar-refractivity contribution in [1.82, 2.24) is 15.1 Å². The second-order valence-electron chi connectivity index (χ2n) is 6.87. The summed E-state index contributed by atoms with van der Waals surface area (Å²) in [7, 11) is 0. The summed E-state index contributed by atoms with van der Waals surface area (Å²) < 4.78 is 11.0. The molecular weight excluding hydrogens is 358 g/mol. The number of hydrogen-bond donors (Lipinski definition) is 0. The van der Waals surface area contributed by atoms with Gasteiger partial charge in [0.15, 0.2) is 11.5 Å². The summed E-state index contributed by atoms with van der Waals surface area (Å²) in [6.07, 6.45) is 3.56. The molecule has 0 atom stereocenters. The van der Waals surface area contributed by atoms with Crippen LogP contribution in [-0.2, 0) is 4.79 Å². The molecule has 3 aromatic rings. The Morgan fingerprint density at radius 1 is 1.00 bits per heavy atom. The van der Waals surface area contributed by atoms with E-state index in [1.54, 1.807) is 30.5 Å². The molecule has 0 saturated carbocycles. The number of ketones is 1. The lowest BCUT2D eigenvalue weighted by molar-refractivity contribution is -0.132. The van der Waals surface area contributed by atoms with E-state index in [4.69, 9.17) is 8.83 Å². The minimum absolute atomic E-state index is 0.000140. The Morgan fingerprint density at radius 2 is 1.79 bits per heavy atom. The van der Waals surface area contributed by atoms with E-state index < -0.39 is 0 Å². The van der Waals surface area contributed by atoms with Gasteiger partial charge in [-0.05, 0) is 25.0 Å². The summed E-state index contributed by atoms with van der Waals surface area (Å²) in [5.74, 6) is 1.65. The van der Waals surface area contributed by atoms with Crippen LogP contribution in [0.4, 0.5) is 0 Å². The van der Waals surface area contributed by atoms with E-state index in [2.05, 4.69) is 10.2 Å². The molecule has 1 aliphatic rings. The largest absolute Gasteiger partial charge is 0.459 e. The van der Waals surface area contributed by atoms with Gasteiger partial charge in [-0.3, -0.25) is 9.59 Å². The SMILES string of the molecule is O=C(CCC(=O)N1CCC(c2nnc(-c3ccco3)o2)CC1)c1ccccc1. The fourth-order valence-corrected chi connectivity index (χ4v) is 3.42. The van der Waals surface area contributed by atoms with E-state index in [1.807, 2.05) is 23.1 Å². The van der Waals surface area contributed by atoms with Crippen LogP contribution < -0.4 is 0 Å². The van der Waals surface area contributed by atoms with E-state index in [1.165, 1.54) is 0 Å². The molecule has 3 heterocycles. The summed E-state index contributed by atoms with van der Waals surface area (Å²) in [5, 5.41) is 8.17. The zero-order valence-corrected chi connectivity index (χ0v) is 15.4. The average molecular weight is 379 g/mol. The maximum Gasteiger partial charge on any atom is 0.283 e. The third kappa shape index (κ3) is 4.03. The maximum absolute atomic E-state index is 12.4. The molecule has 1 aromatic carbocycles. The van der Waals surface area contributed by atoms with Crippen molar-refractivity contribution in [3.05, 3.63) is 60.2 Å². The first-order valence-electron chi connectivity index (χ1n) is 9.44. The van der Waals surface area contributed by atoms with Crippen LogP contribution in [0.3, 0.4) is 0 Å². The van der Waals surface area contributed by atoms with Gasteiger partial charge in [-0.2, -0.15) is 0 Å². The Hall–Kier alpha value is -3.22. The van der Waals surface area contributed by atoms with Gasteiger partial charge in [0.1, 0.15) is 0 Å². The number of amides is 1. The predicted molar refractivity (Wildman–Crippen MR) is 101 cm³/mol. The first-order chi connectivity index (χ1) is 13.7. The van der Waals surface area contributed by atoms with E-state index in [0.29, 0.717) is 36.2 Å².